The van der Waals surface area contributed by atoms with Crippen LogP contribution in [0.1, 0.15) is 15.9 Å². The Hall–Kier alpha value is -4.26. The van der Waals surface area contributed by atoms with Crippen LogP contribution in [0, 0.1) is 0 Å². The Morgan fingerprint density at radius 2 is 1.59 bits per heavy atom. The fourth-order valence-corrected chi connectivity index (χ4v) is 4.35. The third-order valence-corrected chi connectivity index (χ3v) is 5.74. The third-order valence-electron chi connectivity index (χ3n) is 5.74. The first-order valence-electron chi connectivity index (χ1n) is 10.5. The van der Waals surface area contributed by atoms with Gasteiger partial charge in [-0.25, -0.2) is 0 Å². The van der Waals surface area contributed by atoms with E-state index in [0.29, 0.717) is 16.5 Å². The van der Waals surface area contributed by atoms with Gasteiger partial charge >= 0.3 is 6.36 Å². The van der Waals surface area contributed by atoms with Crippen molar-refractivity contribution in [1.82, 2.24) is 4.57 Å². The Balaban J connectivity index is 1.71. The van der Waals surface area contributed by atoms with Gasteiger partial charge in [0.25, 0.3) is 0 Å². The molecule has 170 valence electrons. The maximum atomic E-state index is 12.7. The summed E-state index contributed by atoms with van der Waals surface area (Å²) < 4.78 is 44.2. The molecule has 0 saturated carbocycles. The number of halogens is 3. The average Bonchev–Trinajstić information content (AvgIpc) is 3.12. The smallest absolute Gasteiger partial charge is 0.406 e. The highest BCUT2D eigenvalue weighted by Crippen LogP contribution is 2.35. The summed E-state index contributed by atoms with van der Waals surface area (Å²) in [5.74, 6) is -0.828. The number of carbonyl (C=O) groups is 1. The third kappa shape index (κ3) is 4.08. The summed E-state index contributed by atoms with van der Waals surface area (Å²) in [5, 5.41) is 1.55. The van der Waals surface area contributed by atoms with Gasteiger partial charge in [-0.05, 0) is 47.0 Å². The second kappa shape index (κ2) is 8.26. The van der Waals surface area contributed by atoms with E-state index in [-0.39, 0.29) is 12.3 Å². The molecule has 4 nitrogen and oxygen atoms in total. The zero-order valence-electron chi connectivity index (χ0n) is 17.8. The molecule has 0 aliphatic carbocycles. The van der Waals surface area contributed by atoms with Crippen LogP contribution < -0.4 is 10.5 Å². The molecule has 0 atom stereocenters. The standard InChI is InChI=1S/C27H19F3N2O2/c28-27(29,30)34-20-9-4-6-17(14-20)16-32-23-11-5-10-22(26(31)33)25(23)21-13-12-19(15-24(21)32)18-7-2-1-3-8-18/h1-15H,16H2,(H2,31,33). The molecule has 7 heteroatoms. The van der Waals surface area contributed by atoms with Crippen LogP contribution in [0.25, 0.3) is 32.9 Å². The first kappa shape index (κ1) is 21.6. The highest BCUT2D eigenvalue weighted by atomic mass is 19.4. The SMILES string of the molecule is NC(=O)c1cccc2c1c1ccc(-c3ccccc3)cc1n2Cc1cccc(OC(F)(F)F)c1. The number of hydrogen-bond donors (Lipinski definition) is 1. The van der Waals surface area contributed by atoms with Crippen LogP contribution in [0.15, 0.2) is 91.0 Å². The molecule has 0 spiro atoms. The first-order valence-corrected chi connectivity index (χ1v) is 10.5. The number of benzene rings is 4. The van der Waals surface area contributed by atoms with Crippen molar-refractivity contribution in [3.05, 3.63) is 102 Å². The number of alkyl halides is 3. The molecule has 0 saturated heterocycles. The van der Waals surface area contributed by atoms with Gasteiger partial charge in [0, 0.05) is 22.9 Å². The Labute approximate surface area is 193 Å². The molecule has 0 unspecified atom stereocenters. The number of fused-ring (bicyclic) bond motifs is 3. The molecule has 34 heavy (non-hydrogen) atoms. The van der Waals surface area contributed by atoms with Crippen LogP contribution in [0.4, 0.5) is 13.2 Å². The number of hydrogen-bond acceptors (Lipinski definition) is 2. The maximum Gasteiger partial charge on any atom is 0.573 e. The van der Waals surface area contributed by atoms with Gasteiger partial charge < -0.3 is 15.0 Å². The number of nitrogens with two attached hydrogens (primary N) is 1. The summed E-state index contributed by atoms with van der Waals surface area (Å²) >= 11 is 0. The molecule has 1 heterocycles. The predicted molar refractivity (Wildman–Crippen MR) is 126 cm³/mol. The lowest BCUT2D eigenvalue weighted by molar-refractivity contribution is -0.274. The van der Waals surface area contributed by atoms with Crippen molar-refractivity contribution in [3.63, 3.8) is 0 Å². The number of aromatic nitrogens is 1. The normalized spacial score (nSPS) is 11.7. The summed E-state index contributed by atoms with van der Waals surface area (Å²) in [6, 6.07) is 27.0. The quantitative estimate of drug-likeness (QED) is 0.325. The van der Waals surface area contributed by atoms with Gasteiger partial charge in [-0.3, -0.25) is 4.79 Å². The van der Waals surface area contributed by atoms with E-state index in [1.165, 1.54) is 18.2 Å². The van der Waals surface area contributed by atoms with Crippen LogP contribution in [-0.4, -0.2) is 16.8 Å². The van der Waals surface area contributed by atoms with E-state index < -0.39 is 12.3 Å². The number of nitrogens with zero attached hydrogens (tertiary/aromatic N) is 1. The van der Waals surface area contributed by atoms with Crippen LogP contribution in [0.2, 0.25) is 0 Å². The highest BCUT2D eigenvalue weighted by molar-refractivity contribution is 6.18. The van der Waals surface area contributed by atoms with E-state index in [2.05, 4.69) is 4.74 Å². The van der Waals surface area contributed by atoms with Crippen molar-refractivity contribution >= 4 is 27.7 Å². The molecule has 5 rings (SSSR count). The molecule has 0 bridgehead atoms. The molecular formula is C27H19F3N2O2. The Morgan fingerprint density at radius 1 is 0.824 bits per heavy atom. The minimum atomic E-state index is -4.77. The fraction of sp³-hybridized carbons (Fsp3) is 0.0741. The van der Waals surface area contributed by atoms with Gasteiger partial charge in [0.05, 0.1) is 11.0 Å². The largest absolute Gasteiger partial charge is 0.573 e. The molecule has 5 aromatic rings. The summed E-state index contributed by atoms with van der Waals surface area (Å²) in [7, 11) is 0. The highest BCUT2D eigenvalue weighted by Gasteiger charge is 2.31. The molecule has 4 aromatic carbocycles. The lowest BCUT2D eigenvalue weighted by atomic mass is 10.0. The van der Waals surface area contributed by atoms with Crippen LogP contribution in [0.5, 0.6) is 5.75 Å². The number of amides is 1. The monoisotopic (exact) mass is 460 g/mol. The minimum absolute atomic E-state index is 0.273. The van der Waals surface area contributed by atoms with Crippen molar-refractivity contribution in [2.24, 2.45) is 5.73 Å². The number of rotatable bonds is 5. The zero-order chi connectivity index (χ0) is 23.9. The van der Waals surface area contributed by atoms with Crippen LogP contribution in [-0.2, 0) is 6.54 Å². The number of carbonyl (C=O) groups excluding carboxylic acids is 1. The van der Waals surface area contributed by atoms with Gasteiger partial charge in [-0.15, -0.1) is 13.2 Å². The van der Waals surface area contributed by atoms with E-state index in [1.54, 1.807) is 18.2 Å². The average molecular weight is 460 g/mol. The molecule has 1 aromatic heterocycles. The Kier molecular flexibility index (Phi) is 5.24. The molecule has 2 N–H and O–H groups in total. The van der Waals surface area contributed by atoms with E-state index >= 15 is 0 Å². The van der Waals surface area contributed by atoms with Crippen molar-refractivity contribution in [3.8, 4) is 16.9 Å². The molecular weight excluding hydrogens is 441 g/mol. The van der Waals surface area contributed by atoms with Gasteiger partial charge in [0.2, 0.25) is 5.91 Å². The zero-order valence-corrected chi connectivity index (χ0v) is 17.8. The molecule has 0 radical (unpaired) electrons. The van der Waals surface area contributed by atoms with E-state index in [4.69, 9.17) is 5.73 Å². The van der Waals surface area contributed by atoms with Crippen molar-refractivity contribution in [2.75, 3.05) is 0 Å². The van der Waals surface area contributed by atoms with Crippen LogP contribution in [0.3, 0.4) is 0 Å². The minimum Gasteiger partial charge on any atom is -0.406 e. The van der Waals surface area contributed by atoms with Gasteiger partial charge in [-0.2, -0.15) is 0 Å². The molecule has 1 amide bonds. The van der Waals surface area contributed by atoms with Gasteiger partial charge in [-0.1, -0.05) is 60.7 Å². The van der Waals surface area contributed by atoms with Crippen LogP contribution >= 0.6 is 0 Å². The fourth-order valence-electron chi connectivity index (χ4n) is 4.35. The summed E-state index contributed by atoms with van der Waals surface area (Å²) in [6.07, 6.45) is -4.77. The summed E-state index contributed by atoms with van der Waals surface area (Å²) in [4.78, 5) is 12.2. The first-order chi connectivity index (χ1) is 16.3. The van der Waals surface area contributed by atoms with Gasteiger partial charge in [0.1, 0.15) is 5.75 Å². The van der Waals surface area contributed by atoms with E-state index in [0.717, 1.165) is 27.5 Å². The molecule has 0 aliphatic heterocycles. The lowest BCUT2D eigenvalue weighted by Crippen LogP contribution is -2.17. The van der Waals surface area contributed by atoms with E-state index in [1.807, 2.05) is 59.2 Å². The van der Waals surface area contributed by atoms with Crippen molar-refractivity contribution < 1.29 is 22.7 Å². The van der Waals surface area contributed by atoms with Crippen molar-refractivity contribution in [1.29, 1.82) is 0 Å². The second-order valence-corrected chi connectivity index (χ2v) is 7.94. The topological polar surface area (TPSA) is 57.2 Å². The van der Waals surface area contributed by atoms with Crippen molar-refractivity contribution in [2.45, 2.75) is 12.9 Å². The predicted octanol–water partition coefficient (Wildman–Crippen LogP) is 6.51. The second-order valence-electron chi connectivity index (χ2n) is 7.94. The van der Waals surface area contributed by atoms with Gasteiger partial charge in [0.15, 0.2) is 0 Å². The lowest BCUT2D eigenvalue weighted by Gasteiger charge is -2.12. The molecule has 0 aliphatic rings. The summed E-state index contributed by atoms with van der Waals surface area (Å²) in [6.45, 7) is 0.273. The Morgan fingerprint density at radius 3 is 2.32 bits per heavy atom. The Bertz CT molecular complexity index is 1520. The molecule has 0 fully saturated rings. The number of primary amides is 1. The van der Waals surface area contributed by atoms with E-state index in [9.17, 15) is 18.0 Å². The summed E-state index contributed by atoms with van der Waals surface area (Å²) in [5.41, 5.74) is 10.3. The number of ether oxygens (including phenoxy) is 1. The maximum absolute atomic E-state index is 12.7.